The van der Waals surface area contributed by atoms with Crippen LogP contribution in [-0.4, -0.2) is 34.3 Å². The number of ether oxygens (including phenoxy) is 2. The molecule has 3 N–H and O–H groups in total. The maximum absolute atomic E-state index is 13.0. The van der Waals surface area contributed by atoms with Crippen LogP contribution in [0.3, 0.4) is 0 Å². The van der Waals surface area contributed by atoms with Gasteiger partial charge in [-0.05, 0) is 29.8 Å². The fraction of sp³-hybridized carbons (Fsp3) is 0.400. The summed E-state index contributed by atoms with van der Waals surface area (Å²) < 4.78 is 24.2. The SMILES string of the molecule is COc1cc(C[NH2+]CCC[NH+](C)C)cc(Cl)c1OCc1ccc(F)cc1. The van der Waals surface area contributed by atoms with Crippen LogP contribution in [-0.2, 0) is 13.2 Å². The molecule has 26 heavy (non-hydrogen) atoms. The van der Waals surface area contributed by atoms with Gasteiger partial charge in [-0.3, -0.25) is 0 Å². The molecule has 0 heterocycles. The highest BCUT2D eigenvalue weighted by Gasteiger charge is 2.13. The summed E-state index contributed by atoms with van der Waals surface area (Å²) in [6.07, 6.45) is 1.17. The highest BCUT2D eigenvalue weighted by molar-refractivity contribution is 6.32. The lowest BCUT2D eigenvalue weighted by Gasteiger charge is -2.14. The van der Waals surface area contributed by atoms with Gasteiger partial charge in [0.1, 0.15) is 19.0 Å². The topological polar surface area (TPSA) is 39.5 Å². The molecule has 0 amide bonds. The second-order valence-corrected chi connectivity index (χ2v) is 7.02. The summed E-state index contributed by atoms with van der Waals surface area (Å²) in [6.45, 7) is 3.39. The van der Waals surface area contributed by atoms with Gasteiger partial charge < -0.3 is 19.7 Å². The standard InChI is InChI=1S/C20H26ClFN2O2/c1-24(2)10-4-9-23-13-16-11-18(21)20(19(12-16)25-3)26-14-15-5-7-17(22)8-6-15/h5-8,11-12,23H,4,9-10,13-14H2,1-3H3/p+2. The molecule has 4 nitrogen and oxygen atoms in total. The Bertz CT molecular complexity index is 693. The van der Waals surface area contributed by atoms with Crippen LogP contribution in [0.1, 0.15) is 17.5 Å². The Labute approximate surface area is 159 Å². The van der Waals surface area contributed by atoms with Crippen molar-refractivity contribution in [3.63, 3.8) is 0 Å². The van der Waals surface area contributed by atoms with Crippen molar-refractivity contribution in [1.29, 1.82) is 0 Å². The van der Waals surface area contributed by atoms with Crippen LogP contribution in [0.25, 0.3) is 0 Å². The smallest absolute Gasteiger partial charge is 0.180 e. The number of nitrogens with two attached hydrogens (primary N) is 1. The normalized spacial score (nSPS) is 11.0. The lowest BCUT2D eigenvalue weighted by Crippen LogP contribution is -3.06. The van der Waals surface area contributed by atoms with E-state index < -0.39 is 0 Å². The fourth-order valence-corrected chi connectivity index (χ4v) is 2.92. The van der Waals surface area contributed by atoms with E-state index in [4.69, 9.17) is 21.1 Å². The van der Waals surface area contributed by atoms with Gasteiger partial charge in [-0.15, -0.1) is 0 Å². The number of methoxy groups -OCH3 is 1. The summed E-state index contributed by atoms with van der Waals surface area (Å²) in [7, 11) is 5.92. The number of hydrogen-bond donors (Lipinski definition) is 2. The second kappa shape index (κ2) is 10.4. The Hall–Kier alpha value is -1.82. The molecule has 2 aromatic rings. The van der Waals surface area contributed by atoms with E-state index in [0.29, 0.717) is 23.1 Å². The van der Waals surface area contributed by atoms with Crippen LogP contribution < -0.4 is 19.7 Å². The Morgan fingerprint density at radius 2 is 1.85 bits per heavy atom. The Kier molecular flexibility index (Phi) is 8.16. The van der Waals surface area contributed by atoms with Crippen LogP contribution in [0.4, 0.5) is 4.39 Å². The van der Waals surface area contributed by atoms with E-state index in [0.717, 1.165) is 30.8 Å². The minimum absolute atomic E-state index is 0.267. The molecule has 0 saturated heterocycles. The lowest BCUT2D eigenvalue weighted by molar-refractivity contribution is -0.860. The van der Waals surface area contributed by atoms with Gasteiger partial charge >= 0.3 is 0 Å². The van der Waals surface area contributed by atoms with Gasteiger partial charge in [0.2, 0.25) is 0 Å². The monoisotopic (exact) mass is 382 g/mol. The van der Waals surface area contributed by atoms with Crippen molar-refractivity contribution in [2.24, 2.45) is 0 Å². The summed E-state index contributed by atoms with van der Waals surface area (Å²) in [6, 6.07) is 10.1. The number of quaternary nitrogens is 2. The largest absolute Gasteiger partial charge is 0.493 e. The fourth-order valence-electron chi connectivity index (χ4n) is 2.64. The summed E-state index contributed by atoms with van der Waals surface area (Å²) in [5.74, 6) is 0.858. The minimum atomic E-state index is -0.267. The quantitative estimate of drug-likeness (QED) is 0.613. The number of hydrogen-bond acceptors (Lipinski definition) is 2. The molecule has 0 aromatic heterocycles. The molecule has 2 rings (SSSR count). The first kappa shape index (κ1) is 20.5. The molecule has 2 aromatic carbocycles. The van der Waals surface area contributed by atoms with E-state index >= 15 is 0 Å². The van der Waals surface area contributed by atoms with Crippen molar-refractivity contribution in [3.8, 4) is 11.5 Å². The number of halogens is 2. The Morgan fingerprint density at radius 3 is 2.50 bits per heavy atom. The first-order valence-electron chi connectivity index (χ1n) is 8.84. The van der Waals surface area contributed by atoms with Gasteiger partial charge in [0.25, 0.3) is 0 Å². The highest BCUT2D eigenvalue weighted by atomic mass is 35.5. The van der Waals surface area contributed by atoms with Crippen molar-refractivity contribution >= 4 is 11.6 Å². The molecular weight excluding hydrogens is 355 g/mol. The molecule has 0 unspecified atom stereocenters. The van der Waals surface area contributed by atoms with Crippen molar-refractivity contribution < 1.29 is 24.1 Å². The third-order valence-corrected chi connectivity index (χ3v) is 4.33. The van der Waals surface area contributed by atoms with Gasteiger partial charge in [0, 0.05) is 12.0 Å². The zero-order valence-electron chi connectivity index (χ0n) is 15.6. The molecule has 0 aliphatic rings. The van der Waals surface area contributed by atoms with E-state index in [9.17, 15) is 4.39 Å². The van der Waals surface area contributed by atoms with Gasteiger partial charge in [-0.1, -0.05) is 23.7 Å². The first-order valence-corrected chi connectivity index (χ1v) is 9.21. The molecule has 0 aliphatic carbocycles. The molecule has 0 saturated carbocycles. The predicted octanol–water partition coefficient (Wildman–Crippen LogP) is 1.66. The molecule has 0 spiro atoms. The number of benzene rings is 2. The molecular formula is C20H28ClFN2O2+2. The summed E-state index contributed by atoms with van der Waals surface area (Å²) in [5, 5.41) is 2.79. The molecule has 142 valence electrons. The van der Waals surface area contributed by atoms with Crippen molar-refractivity contribution in [1.82, 2.24) is 0 Å². The predicted molar refractivity (Wildman–Crippen MR) is 102 cm³/mol. The van der Waals surface area contributed by atoms with E-state index in [1.807, 2.05) is 12.1 Å². The van der Waals surface area contributed by atoms with E-state index in [-0.39, 0.29) is 5.82 Å². The molecule has 0 atom stereocenters. The van der Waals surface area contributed by atoms with Crippen LogP contribution >= 0.6 is 11.6 Å². The lowest BCUT2D eigenvalue weighted by atomic mass is 10.2. The number of rotatable bonds is 10. The van der Waals surface area contributed by atoms with E-state index in [1.54, 1.807) is 19.2 Å². The maximum atomic E-state index is 13.0. The maximum Gasteiger partial charge on any atom is 0.180 e. The minimum Gasteiger partial charge on any atom is -0.493 e. The second-order valence-electron chi connectivity index (χ2n) is 6.62. The summed E-state index contributed by atoms with van der Waals surface area (Å²) in [4.78, 5) is 1.46. The van der Waals surface area contributed by atoms with Gasteiger partial charge in [0.05, 0.1) is 39.3 Å². The first-order chi connectivity index (χ1) is 12.5. The molecule has 6 heteroatoms. The highest BCUT2D eigenvalue weighted by Crippen LogP contribution is 2.36. The molecule has 0 aliphatic heterocycles. The van der Waals surface area contributed by atoms with Crippen LogP contribution in [0.2, 0.25) is 5.02 Å². The average Bonchev–Trinajstić information content (AvgIpc) is 2.61. The Morgan fingerprint density at radius 1 is 1.12 bits per heavy atom. The van der Waals surface area contributed by atoms with E-state index in [1.165, 1.54) is 23.5 Å². The van der Waals surface area contributed by atoms with Crippen LogP contribution in [0, 0.1) is 5.82 Å². The zero-order valence-corrected chi connectivity index (χ0v) is 16.4. The van der Waals surface area contributed by atoms with Gasteiger partial charge in [0.15, 0.2) is 11.5 Å². The summed E-state index contributed by atoms with van der Waals surface area (Å²) >= 11 is 6.40. The Balaban J connectivity index is 1.96. The van der Waals surface area contributed by atoms with Gasteiger partial charge in [-0.25, -0.2) is 4.39 Å². The van der Waals surface area contributed by atoms with Crippen LogP contribution in [0.15, 0.2) is 36.4 Å². The van der Waals surface area contributed by atoms with Crippen molar-refractivity contribution in [2.45, 2.75) is 19.6 Å². The molecule has 0 fully saturated rings. The summed E-state index contributed by atoms with van der Waals surface area (Å²) in [5.41, 5.74) is 1.96. The molecule has 0 radical (unpaired) electrons. The van der Waals surface area contributed by atoms with Crippen LogP contribution in [0.5, 0.6) is 11.5 Å². The zero-order chi connectivity index (χ0) is 18.9. The van der Waals surface area contributed by atoms with Crippen molar-refractivity contribution in [2.75, 3.05) is 34.3 Å². The number of nitrogens with one attached hydrogen (secondary N) is 1. The van der Waals surface area contributed by atoms with Crippen molar-refractivity contribution in [3.05, 3.63) is 58.4 Å². The third-order valence-electron chi connectivity index (χ3n) is 4.05. The average molecular weight is 383 g/mol. The molecule has 0 bridgehead atoms. The third kappa shape index (κ3) is 6.48. The van der Waals surface area contributed by atoms with Gasteiger partial charge in [-0.2, -0.15) is 0 Å². The van der Waals surface area contributed by atoms with E-state index in [2.05, 4.69) is 19.4 Å².